The third-order valence-electron chi connectivity index (χ3n) is 3.72. The molecule has 0 aliphatic heterocycles. The van der Waals surface area contributed by atoms with Crippen LogP contribution in [0.25, 0.3) is 0 Å². The summed E-state index contributed by atoms with van der Waals surface area (Å²) in [4.78, 5) is 0. The lowest BCUT2D eigenvalue weighted by atomic mass is 9.86. The van der Waals surface area contributed by atoms with Crippen molar-refractivity contribution in [3.63, 3.8) is 0 Å². The molecule has 0 fully saturated rings. The first-order valence-electron chi connectivity index (χ1n) is 6.92. The summed E-state index contributed by atoms with van der Waals surface area (Å²) >= 11 is 6.14. The molecule has 4 nitrogen and oxygen atoms in total. The summed E-state index contributed by atoms with van der Waals surface area (Å²) in [7, 11) is 3.26. The summed E-state index contributed by atoms with van der Waals surface area (Å²) in [5, 5.41) is 0.553. The van der Waals surface area contributed by atoms with Crippen molar-refractivity contribution < 1.29 is 9.47 Å². The molecule has 0 heterocycles. The van der Waals surface area contributed by atoms with Gasteiger partial charge in [0.25, 0.3) is 0 Å². The Hall–Kier alpha value is -0.970. The van der Waals surface area contributed by atoms with Gasteiger partial charge >= 0.3 is 0 Å². The number of rotatable bonds is 8. The number of hydrogen-bond acceptors (Lipinski definition) is 4. The Morgan fingerprint density at radius 3 is 2.15 bits per heavy atom. The van der Waals surface area contributed by atoms with Crippen molar-refractivity contribution in [1.29, 1.82) is 0 Å². The van der Waals surface area contributed by atoms with Crippen LogP contribution in [-0.4, -0.2) is 27.3 Å². The molecule has 0 aliphatic rings. The van der Waals surface area contributed by atoms with E-state index >= 15 is 0 Å². The molecule has 1 unspecified atom stereocenters. The van der Waals surface area contributed by atoms with E-state index < -0.39 is 0 Å². The molecule has 1 aromatic carbocycles. The van der Waals surface area contributed by atoms with Crippen molar-refractivity contribution in [2.45, 2.75) is 25.7 Å². The molecule has 0 saturated heterocycles. The summed E-state index contributed by atoms with van der Waals surface area (Å²) in [6.07, 6.45) is 1.92. The number of hydrogen-bond donors (Lipinski definition) is 2. The van der Waals surface area contributed by atoms with Gasteiger partial charge in [0, 0.05) is 11.6 Å². The minimum Gasteiger partial charge on any atom is -0.496 e. The van der Waals surface area contributed by atoms with E-state index in [4.69, 9.17) is 32.5 Å². The SMILES string of the molecule is CCC(CC(CN)CN)c1cc(OC)c(Cl)cc1OC. The predicted octanol–water partition coefficient (Wildman–Crippen LogP) is 2.77. The molecule has 5 heteroatoms. The number of ether oxygens (including phenoxy) is 2. The third kappa shape index (κ3) is 4.01. The molecule has 4 N–H and O–H groups in total. The molecule has 1 atom stereocenters. The van der Waals surface area contributed by atoms with E-state index in [1.165, 1.54) is 0 Å². The number of methoxy groups -OCH3 is 2. The lowest BCUT2D eigenvalue weighted by Crippen LogP contribution is -2.25. The zero-order chi connectivity index (χ0) is 15.1. The van der Waals surface area contributed by atoms with Crippen molar-refractivity contribution in [2.24, 2.45) is 17.4 Å². The molecule has 0 aromatic heterocycles. The molecule has 0 aliphatic carbocycles. The largest absolute Gasteiger partial charge is 0.496 e. The summed E-state index contributed by atoms with van der Waals surface area (Å²) in [5.41, 5.74) is 12.6. The van der Waals surface area contributed by atoms with E-state index in [9.17, 15) is 0 Å². The standard InChI is InChI=1S/C15H25ClN2O2/c1-4-11(5-10(8-17)9-18)12-6-15(20-3)13(16)7-14(12)19-2/h6-7,10-11H,4-5,8-9,17-18H2,1-3H3. The Morgan fingerprint density at radius 2 is 1.70 bits per heavy atom. The highest BCUT2D eigenvalue weighted by Gasteiger charge is 2.20. The van der Waals surface area contributed by atoms with Crippen molar-refractivity contribution in [1.82, 2.24) is 0 Å². The fraction of sp³-hybridized carbons (Fsp3) is 0.600. The van der Waals surface area contributed by atoms with Gasteiger partial charge in [-0.3, -0.25) is 0 Å². The van der Waals surface area contributed by atoms with Crippen LogP contribution in [-0.2, 0) is 0 Å². The van der Waals surface area contributed by atoms with Gasteiger partial charge in [0.15, 0.2) is 0 Å². The maximum atomic E-state index is 6.14. The van der Waals surface area contributed by atoms with Gasteiger partial charge < -0.3 is 20.9 Å². The Bertz CT molecular complexity index is 423. The number of halogens is 1. The molecule has 0 amide bonds. The smallest absolute Gasteiger partial charge is 0.138 e. The van der Waals surface area contributed by atoms with Crippen LogP contribution in [0.5, 0.6) is 11.5 Å². The monoisotopic (exact) mass is 300 g/mol. The number of nitrogens with two attached hydrogens (primary N) is 2. The zero-order valence-electron chi connectivity index (χ0n) is 12.5. The topological polar surface area (TPSA) is 70.5 Å². The molecule has 1 aromatic rings. The van der Waals surface area contributed by atoms with E-state index in [0.717, 1.165) is 24.2 Å². The van der Waals surface area contributed by atoms with Crippen molar-refractivity contribution >= 4 is 11.6 Å². The lowest BCUT2D eigenvalue weighted by Gasteiger charge is -2.23. The maximum absolute atomic E-state index is 6.14. The molecular weight excluding hydrogens is 276 g/mol. The van der Waals surface area contributed by atoms with Crippen molar-refractivity contribution in [3.8, 4) is 11.5 Å². The highest BCUT2D eigenvalue weighted by molar-refractivity contribution is 6.32. The summed E-state index contributed by atoms with van der Waals surface area (Å²) in [6, 6.07) is 3.76. The van der Waals surface area contributed by atoms with Crippen LogP contribution in [0.15, 0.2) is 12.1 Å². The summed E-state index contributed by atoms with van der Waals surface area (Å²) < 4.78 is 10.8. The molecule has 0 saturated carbocycles. The Labute approximate surface area is 126 Å². The predicted molar refractivity (Wildman–Crippen MR) is 83.8 cm³/mol. The van der Waals surface area contributed by atoms with E-state index in [2.05, 4.69) is 6.92 Å². The third-order valence-corrected chi connectivity index (χ3v) is 4.02. The van der Waals surface area contributed by atoms with Gasteiger partial charge in [-0.15, -0.1) is 0 Å². The van der Waals surface area contributed by atoms with Crippen molar-refractivity contribution in [2.75, 3.05) is 27.3 Å². The molecule has 0 bridgehead atoms. The fourth-order valence-corrected chi connectivity index (χ4v) is 2.64. The molecule has 20 heavy (non-hydrogen) atoms. The van der Waals surface area contributed by atoms with Crippen LogP contribution in [0.2, 0.25) is 5.02 Å². The van der Waals surface area contributed by atoms with Gasteiger partial charge in [-0.25, -0.2) is 0 Å². The van der Waals surface area contributed by atoms with E-state index in [1.807, 2.05) is 6.07 Å². The average molecular weight is 301 g/mol. The van der Waals surface area contributed by atoms with Crippen LogP contribution in [0.1, 0.15) is 31.2 Å². The van der Waals surface area contributed by atoms with Crippen LogP contribution in [0.4, 0.5) is 0 Å². The van der Waals surface area contributed by atoms with E-state index in [0.29, 0.717) is 35.7 Å². The second-order valence-corrected chi connectivity index (χ2v) is 5.31. The summed E-state index contributed by atoms with van der Waals surface area (Å²) in [6.45, 7) is 3.34. The minimum atomic E-state index is 0.311. The zero-order valence-corrected chi connectivity index (χ0v) is 13.2. The Kier molecular flexibility index (Phi) is 7.13. The first-order valence-corrected chi connectivity index (χ1v) is 7.30. The van der Waals surface area contributed by atoms with Crippen LogP contribution in [0, 0.1) is 5.92 Å². The lowest BCUT2D eigenvalue weighted by molar-refractivity contribution is 0.382. The van der Waals surface area contributed by atoms with Gasteiger partial charge in [-0.05, 0) is 43.8 Å². The Balaban J connectivity index is 3.12. The van der Waals surface area contributed by atoms with Gasteiger partial charge in [-0.1, -0.05) is 18.5 Å². The number of benzene rings is 1. The first kappa shape index (κ1) is 17.1. The van der Waals surface area contributed by atoms with Crippen LogP contribution >= 0.6 is 11.6 Å². The highest BCUT2D eigenvalue weighted by Crippen LogP contribution is 2.39. The van der Waals surface area contributed by atoms with Gasteiger partial charge in [0.05, 0.1) is 19.2 Å². The molecule has 0 spiro atoms. The normalized spacial score (nSPS) is 12.6. The quantitative estimate of drug-likeness (QED) is 0.774. The van der Waals surface area contributed by atoms with Crippen LogP contribution in [0.3, 0.4) is 0 Å². The van der Waals surface area contributed by atoms with Gasteiger partial charge in [0.1, 0.15) is 11.5 Å². The van der Waals surface area contributed by atoms with Gasteiger partial charge in [0.2, 0.25) is 0 Å². The molecule has 114 valence electrons. The van der Waals surface area contributed by atoms with E-state index in [-0.39, 0.29) is 0 Å². The van der Waals surface area contributed by atoms with Gasteiger partial charge in [-0.2, -0.15) is 0 Å². The van der Waals surface area contributed by atoms with Crippen LogP contribution < -0.4 is 20.9 Å². The van der Waals surface area contributed by atoms with Crippen molar-refractivity contribution in [3.05, 3.63) is 22.7 Å². The molecular formula is C15H25ClN2O2. The minimum absolute atomic E-state index is 0.311. The maximum Gasteiger partial charge on any atom is 0.138 e. The highest BCUT2D eigenvalue weighted by atomic mass is 35.5. The fourth-order valence-electron chi connectivity index (χ4n) is 2.41. The first-order chi connectivity index (χ1) is 9.60. The second kappa shape index (κ2) is 8.35. The molecule has 0 radical (unpaired) electrons. The van der Waals surface area contributed by atoms with E-state index in [1.54, 1.807) is 20.3 Å². The average Bonchev–Trinajstić information content (AvgIpc) is 2.48. The summed E-state index contributed by atoms with van der Waals surface area (Å²) in [5.74, 6) is 2.09. The second-order valence-electron chi connectivity index (χ2n) is 4.91. The Morgan fingerprint density at radius 1 is 1.10 bits per heavy atom. The molecule has 1 rings (SSSR count).